The number of halogens is 2. The lowest BCUT2D eigenvalue weighted by atomic mass is 9.96. The molecule has 0 aromatic heterocycles. The average molecular weight is 299 g/mol. The molecular weight excluding hydrogens is 283 g/mol. The van der Waals surface area contributed by atoms with Gasteiger partial charge in [-0.25, -0.2) is 0 Å². The van der Waals surface area contributed by atoms with Gasteiger partial charge in [0, 0.05) is 38.3 Å². The molecule has 1 aromatic rings. The van der Waals surface area contributed by atoms with Crippen LogP contribution in [0.3, 0.4) is 0 Å². The lowest BCUT2D eigenvalue weighted by Gasteiger charge is -2.21. The molecule has 1 aliphatic rings. The van der Waals surface area contributed by atoms with E-state index in [1.807, 2.05) is 43.3 Å². The largest absolute Gasteiger partial charge is 0.378 e. The second kappa shape index (κ2) is 5.93. The SMILES string of the molecule is CN(C)c1ccc(N=C2CC(Cl)C(=O)C(Cl)C2)cc1. The number of benzene rings is 1. The minimum atomic E-state index is -0.545. The van der Waals surface area contributed by atoms with Gasteiger partial charge in [-0.15, -0.1) is 23.2 Å². The molecule has 0 spiro atoms. The van der Waals surface area contributed by atoms with Crippen LogP contribution in [0.25, 0.3) is 0 Å². The molecule has 1 aliphatic carbocycles. The first-order valence-electron chi connectivity index (χ1n) is 6.13. The van der Waals surface area contributed by atoms with E-state index in [0.29, 0.717) is 12.8 Å². The Kier molecular flexibility index (Phi) is 4.48. The Balaban J connectivity index is 2.15. The summed E-state index contributed by atoms with van der Waals surface area (Å²) in [5, 5.41) is -1.09. The van der Waals surface area contributed by atoms with Crippen molar-refractivity contribution in [3.8, 4) is 0 Å². The number of carbonyl (C=O) groups excluding carboxylic acids is 1. The lowest BCUT2D eigenvalue weighted by Crippen LogP contribution is -2.34. The maximum atomic E-state index is 11.5. The Morgan fingerprint density at radius 2 is 1.63 bits per heavy atom. The number of hydrogen-bond donors (Lipinski definition) is 0. The highest BCUT2D eigenvalue weighted by atomic mass is 35.5. The predicted octanol–water partition coefficient (Wildman–Crippen LogP) is 3.40. The molecular formula is C14H16Cl2N2O. The van der Waals surface area contributed by atoms with Crippen LogP contribution in [0.1, 0.15) is 12.8 Å². The summed E-state index contributed by atoms with van der Waals surface area (Å²) in [6.07, 6.45) is 0.970. The van der Waals surface area contributed by atoms with Crippen molar-refractivity contribution < 1.29 is 4.79 Å². The van der Waals surface area contributed by atoms with Crippen LogP contribution in [0, 0.1) is 0 Å². The van der Waals surface area contributed by atoms with Gasteiger partial charge in [-0.05, 0) is 24.3 Å². The smallest absolute Gasteiger partial charge is 0.169 e. The molecule has 102 valence electrons. The molecule has 5 heteroatoms. The Morgan fingerprint density at radius 1 is 1.11 bits per heavy atom. The summed E-state index contributed by atoms with van der Waals surface area (Å²) in [5.41, 5.74) is 2.87. The van der Waals surface area contributed by atoms with Gasteiger partial charge in [0.1, 0.15) is 0 Å². The Bertz CT molecular complexity index is 481. The first kappa shape index (κ1) is 14.4. The van der Waals surface area contributed by atoms with E-state index in [1.165, 1.54) is 0 Å². The molecule has 19 heavy (non-hydrogen) atoms. The van der Waals surface area contributed by atoms with E-state index in [9.17, 15) is 4.79 Å². The molecule has 2 atom stereocenters. The van der Waals surface area contributed by atoms with Gasteiger partial charge in [0.05, 0.1) is 16.4 Å². The third-order valence-corrected chi connectivity index (χ3v) is 3.84. The first-order valence-corrected chi connectivity index (χ1v) is 7.00. The van der Waals surface area contributed by atoms with Gasteiger partial charge in [-0.3, -0.25) is 9.79 Å². The van der Waals surface area contributed by atoms with Crippen molar-refractivity contribution in [3.05, 3.63) is 24.3 Å². The number of alkyl halides is 2. The number of ketones is 1. The van der Waals surface area contributed by atoms with Gasteiger partial charge in [-0.2, -0.15) is 0 Å². The minimum absolute atomic E-state index is 0.0924. The molecule has 0 aliphatic heterocycles. The minimum Gasteiger partial charge on any atom is -0.378 e. The summed E-state index contributed by atoms with van der Waals surface area (Å²) in [5.74, 6) is -0.0924. The summed E-state index contributed by atoms with van der Waals surface area (Å²) in [6.45, 7) is 0. The topological polar surface area (TPSA) is 32.7 Å². The van der Waals surface area contributed by atoms with E-state index in [-0.39, 0.29) is 5.78 Å². The predicted molar refractivity (Wildman–Crippen MR) is 81.4 cm³/mol. The molecule has 1 fully saturated rings. The van der Waals surface area contributed by atoms with Gasteiger partial charge in [0.15, 0.2) is 5.78 Å². The van der Waals surface area contributed by atoms with Gasteiger partial charge in [0.2, 0.25) is 0 Å². The van der Waals surface area contributed by atoms with Crippen molar-refractivity contribution in [3.63, 3.8) is 0 Å². The highest BCUT2D eigenvalue weighted by Gasteiger charge is 2.31. The molecule has 1 aromatic carbocycles. The van der Waals surface area contributed by atoms with Crippen molar-refractivity contribution in [2.24, 2.45) is 4.99 Å². The summed E-state index contributed by atoms with van der Waals surface area (Å²) in [7, 11) is 3.98. The van der Waals surface area contributed by atoms with Gasteiger partial charge in [0.25, 0.3) is 0 Å². The highest BCUT2D eigenvalue weighted by Crippen LogP contribution is 2.25. The molecule has 2 unspecified atom stereocenters. The van der Waals surface area contributed by atoms with Gasteiger partial charge in [-0.1, -0.05) is 0 Å². The van der Waals surface area contributed by atoms with Crippen molar-refractivity contribution in [1.82, 2.24) is 0 Å². The van der Waals surface area contributed by atoms with Crippen molar-refractivity contribution in [2.75, 3.05) is 19.0 Å². The van der Waals surface area contributed by atoms with Crippen LogP contribution in [0.15, 0.2) is 29.3 Å². The molecule has 3 nitrogen and oxygen atoms in total. The van der Waals surface area contributed by atoms with Crippen molar-refractivity contribution >= 4 is 46.1 Å². The fourth-order valence-electron chi connectivity index (χ4n) is 1.99. The standard InChI is InChI=1S/C14H16Cl2N2O/c1-18(2)11-5-3-9(4-6-11)17-10-7-12(15)14(19)13(16)8-10/h3-6,12-13H,7-8H2,1-2H3. The monoisotopic (exact) mass is 298 g/mol. The fourth-order valence-corrected chi connectivity index (χ4v) is 2.72. The Morgan fingerprint density at radius 3 is 2.11 bits per heavy atom. The zero-order chi connectivity index (χ0) is 14.0. The normalized spacial score (nSPS) is 23.4. The number of carbonyl (C=O) groups is 1. The van der Waals surface area contributed by atoms with Crippen LogP contribution in [0.4, 0.5) is 11.4 Å². The van der Waals surface area contributed by atoms with E-state index in [2.05, 4.69) is 4.99 Å². The molecule has 0 heterocycles. The average Bonchev–Trinajstić information content (AvgIpc) is 2.36. The summed E-state index contributed by atoms with van der Waals surface area (Å²) >= 11 is 11.9. The van der Waals surface area contributed by atoms with Crippen LogP contribution in [0.5, 0.6) is 0 Å². The zero-order valence-electron chi connectivity index (χ0n) is 10.9. The van der Waals surface area contributed by atoms with Crippen LogP contribution in [-0.4, -0.2) is 36.3 Å². The molecule has 0 N–H and O–H groups in total. The Labute approximate surface area is 123 Å². The van der Waals surface area contributed by atoms with Crippen LogP contribution >= 0.6 is 23.2 Å². The van der Waals surface area contributed by atoms with Crippen LogP contribution < -0.4 is 4.90 Å². The highest BCUT2D eigenvalue weighted by molar-refractivity contribution is 6.42. The van der Waals surface area contributed by atoms with Crippen LogP contribution in [-0.2, 0) is 4.79 Å². The number of hydrogen-bond acceptors (Lipinski definition) is 3. The summed E-state index contributed by atoms with van der Waals surface area (Å²) in [4.78, 5) is 18.1. The second-order valence-electron chi connectivity index (χ2n) is 4.83. The zero-order valence-corrected chi connectivity index (χ0v) is 12.4. The lowest BCUT2D eigenvalue weighted by molar-refractivity contribution is -0.118. The molecule has 0 radical (unpaired) electrons. The maximum absolute atomic E-state index is 11.5. The van der Waals surface area contributed by atoms with Crippen molar-refractivity contribution in [2.45, 2.75) is 23.6 Å². The van der Waals surface area contributed by atoms with Crippen molar-refractivity contribution in [1.29, 1.82) is 0 Å². The van der Waals surface area contributed by atoms with E-state index in [0.717, 1.165) is 17.1 Å². The third-order valence-electron chi connectivity index (χ3n) is 3.10. The van der Waals surface area contributed by atoms with E-state index in [1.54, 1.807) is 0 Å². The number of aliphatic imine (C=N–C) groups is 1. The summed E-state index contributed by atoms with van der Waals surface area (Å²) < 4.78 is 0. The molecule has 2 rings (SSSR count). The van der Waals surface area contributed by atoms with E-state index in [4.69, 9.17) is 23.2 Å². The van der Waals surface area contributed by atoms with E-state index < -0.39 is 10.8 Å². The maximum Gasteiger partial charge on any atom is 0.169 e. The molecule has 1 saturated carbocycles. The quantitative estimate of drug-likeness (QED) is 0.784. The number of Topliss-reactive ketones (excluding diaryl/α,β-unsaturated/α-hetero) is 1. The van der Waals surface area contributed by atoms with E-state index >= 15 is 0 Å². The van der Waals surface area contributed by atoms with Gasteiger partial charge < -0.3 is 4.90 Å². The number of nitrogens with zero attached hydrogens (tertiary/aromatic N) is 2. The first-order chi connectivity index (χ1) is 8.97. The Hall–Kier alpha value is -1.06. The van der Waals surface area contributed by atoms with Crippen LogP contribution in [0.2, 0.25) is 0 Å². The number of rotatable bonds is 2. The molecule has 0 bridgehead atoms. The van der Waals surface area contributed by atoms with Gasteiger partial charge >= 0.3 is 0 Å². The fraction of sp³-hybridized carbons (Fsp3) is 0.429. The summed E-state index contributed by atoms with van der Waals surface area (Å²) in [6, 6.07) is 7.91. The number of anilines is 1. The third kappa shape index (κ3) is 3.48. The molecule has 0 saturated heterocycles. The second-order valence-corrected chi connectivity index (χ2v) is 5.89. The molecule has 0 amide bonds.